The second-order valence-electron chi connectivity index (χ2n) is 2.43. The van der Waals surface area contributed by atoms with Gasteiger partial charge in [0.2, 0.25) is 5.92 Å². The number of alkyl halides is 3. The Bertz CT molecular complexity index is 88.9. The molecule has 0 unspecified atom stereocenters. The van der Waals surface area contributed by atoms with Crippen LogP contribution in [0.1, 0.15) is 26.2 Å². The lowest BCUT2D eigenvalue weighted by Crippen LogP contribution is -2.15. The lowest BCUT2D eigenvalue weighted by atomic mass is 10.1. The predicted octanol–water partition coefficient (Wildman–Crippen LogP) is 2.98. The van der Waals surface area contributed by atoms with E-state index in [-0.39, 0.29) is 6.42 Å². The van der Waals surface area contributed by atoms with Gasteiger partial charge in [-0.05, 0) is 20.3 Å². The summed E-state index contributed by atoms with van der Waals surface area (Å²) in [5.74, 6) is -2.78. The fraction of sp³-hybridized carbons (Fsp3) is 0.857. The highest BCUT2D eigenvalue weighted by Gasteiger charge is 2.26. The first-order valence-electron chi connectivity index (χ1n) is 3.29. The van der Waals surface area contributed by atoms with E-state index in [1.54, 1.807) is 0 Å². The first-order chi connectivity index (χ1) is 4.48. The van der Waals surface area contributed by atoms with Gasteiger partial charge in [-0.2, -0.15) is 0 Å². The minimum absolute atomic E-state index is 0.0808. The maximum atomic E-state index is 12.3. The van der Waals surface area contributed by atoms with Crippen molar-refractivity contribution in [1.82, 2.24) is 0 Å². The molecule has 10 heavy (non-hydrogen) atoms. The number of hydrogen-bond donors (Lipinski definition) is 0. The molecule has 0 aromatic rings. The number of halogens is 3. The van der Waals surface area contributed by atoms with Crippen molar-refractivity contribution in [2.45, 2.75) is 38.3 Å². The minimum Gasteiger partial charge on any atom is -0.248 e. The first kappa shape index (κ1) is 9.79. The molecule has 0 spiro atoms. The number of hydrogen-bond acceptors (Lipinski definition) is 0. The molecule has 0 bridgehead atoms. The third-order valence-corrected chi connectivity index (χ3v) is 1.27. The van der Waals surface area contributed by atoms with Crippen LogP contribution in [0.5, 0.6) is 0 Å². The van der Waals surface area contributed by atoms with Crippen LogP contribution in [-0.2, 0) is 0 Å². The molecule has 0 aromatic heterocycles. The molecule has 0 fully saturated rings. The minimum atomic E-state index is -2.78. The largest absolute Gasteiger partial charge is 0.248 e. The zero-order valence-corrected chi connectivity index (χ0v) is 6.04. The molecule has 3 heteroatoms. The van der Waals surface area contributed by atoms with Crippen LogP contribution in [0.25, 0.3) is 0 Å². The lowest BCUT2D eigenvalue weighted by Gasteiger charge is -2.13. The van der Waals surface area contributed by atoms with Crippen molar-refractivity contribution in [2.24, 2.45) is 0 Å². The van der Waals surface area contributed by atoms with Crippen LogP contribution in [0.3, 0.4) is 0 Å². The molecule has 0 nitrogen and oxygen atoms in total. The first-order valence-corrected chi connectivity index (χ1v) is 3.29. The van der Waals surface area contributed by atoms with Gasteiger partial charge in [-0.25, -0.2) is 13.2 Å². The molecule has 0 rings (SSSR count). The van der Waals surface area contributed by atoms with Crippen LogP contribution in [0, 0.1) is 6.92 Å². The molecule has 0 amide bonds. The Balaban J connectivity index is 3.46. The zero-order chi connectivity index (χ0) is 8.20. The SMILES string of the molecule is [CH2]CC(F)(F)CC[C@H](C)F. The Kier molecular flexibility index (Phi) is 3.76. The molecule has 0 aliphatic rings. The van der Waals surface area contributed by atoms with E-state index in [4.69, 9.17) is 0 Å². The highest BCUT2D eigenvalue weighted by atomic mass is 19.3. The van der Waals surface area contributed by atoms with Crippen LogP contribution in [0.2, 0.25) is 0 Å². The Hall–Kier alpha value is -0.210. The summed E-state index contributed by atoms with van der Waals surface area (Å²) in [6.45, 7) is 4.34. The van der Waals surface area contributed by atoms with Gasteiger partial charge >= 0.3 is 0 Å². The molecule has 0 heterocycles. The zero-order valence-electron chi connectivity index (χ0n) is 6.04. The Morgan fingerprint density at radius 3 is 2.30 bits per heavy atom. The second kappa shape index (κ2) is 3.84. The Morgan fingerprint density at radius 2 is 2.00 bits per heavy atom. The van der Waals surface area contributed by atoms with Gasteiger partial charge in [0.1, 0.15) is 0 Å². The van der Waals surface area contributed by atoms with Gasteiger partial charge in [0.05, 0.1) is 6.17 Å². The Labute approximate surface area is 59.4 Å². The summed E-state index contributed by atoms with van der Waals surface area (Å²) in [5, 5.41) is 0. The van der Waals surface area contributed by atoms with Gasteiger partial charge < -0.3 is 0 Å². The van der Waals surface area contributed by atoms with E-state index < -0.39 is 24.9 Å². The summed E-state index contributed by atoms with van der Waals surface area (Å²) in [6.07, 6.45) is -2.06. The van der Waals surface area contributed by atoms with E-state index in [1.807, 2.05) is 0 Å². The monoisotopic (exact) mass is 153 g/mol. The van der Waals surface area contributed by atoms with Crippen LogP contribution in [0.4, 0.5) is 13.2 Å². The molecule has 0 N–H and O–H groups in total. The van der Waals surface area contributed by atoms with E-state index >= 15 is 0 Å². The van der Waals surface area contributed by atoms with Gasteiger partial charge in [0.25, 0.3) is 0 Å². The van der Waals surface area contributed by atoms with Gasteiger partial charge in [0.15, 0.2) is 0 Å². The summed E-state index contributed by atoms with van der Waals surface area (Å²) < 4.78 is 36.6. The van der Waals surface area contributed by atoms with E-state index in [0.717, 1.165) is 0 Å². The van der Waals surface area contributed by atoms with Gasteiger partial charge in [-0.3, -0.25) is 0 Å². The van der Waals surface area contributed by atoms with E-state index in [1.165, 1.54) is 6.92 Å². The third-order valence-electron chi connectivity index (χ3n) is 1.27. The van der Waals surface area contributed by atoms with Crippen LogP contribution >= 0.6 is 0 Å². The molecule has 0 saturated carbocycles. The molecule has 0 aliphatic heterocycles. The van der Waals surface area contributed by atoms with Gasteiger partial charge in [-0.1, -0.05) is 0 Å². The lowest BCUT2D eigenvalue weighted by molar-refractivity contribution is -0.0118. The molecule has 61 valence electrons. The van der Waals surface area contributed by atoms with E-state index in [0.29, 0.717) is 0 Å². The molecule has 0 aromatic carbocycles. The van der Waals surface area contributed by atoms with Crippen molar-refractivity contribution in [2.75, 3.05) is 0 Å². The average Bonchev–Trinajstić information content (AvgIpc) is 1.85. The molecular formula is C7H12F3. The quantitative estimate of drug-likeness (QED) is 0.582. The van der Waals surface area contributed by atoms with E-state index in [2.05, 4.69) is 6.92 Å². The third kappa shape index (κ3) is 4.65. The fourth-order valence-corrected chi connectivity index (χ4v) is 0.535. The highest BCUT2D eigenvalue weighted by molar-refractivity contribution is 4.68. The van der Waals surface area contributed by atoms with Crippen molar-refractivity contribution in [3.8, 4) is 0 Å². The van der Waals surface area contributed by atoms with Crippen molar-refractivity contribution < 1.29 is 13.2 Å². The Morgan fingerprint density at radius 1 is 1.50 bits per heavy atom. The van der Waals surface area contributed by atoms with Crippen LogP contribution < -0.4 is 0 Å². The molecule has 1 atom stereocenters. The smallest absolute Gasteiger partial charge is 0.248 e. The van der Waals surface area contributed by atoms with Crippen LogP contribution in [0.15, 0.2) is 0 Å². The normalized spacial score (nSPS) is 15.3. The van der Waals surface area contributed by atoms with Crippen molar-refractivity contribution in [3.05, 3.63) is 6.92 Å². The topological polar surface area (TPSA) is 0 Å². The summed E-state index contributed by atoms with van der Waals surface area (Å²) in [5.41, 5.74) is 0. The van der Waals surface area contributed by atoms with Crippen molar-refractivity contribution in [1.29, 1.82) is 0 Å². The number of rotatable bonds is 4. The fourth-order valence-electron chi connectivity index (χ4n) is 0.535. The highest BCUT2D eigenvalue weighted by Crippen LogP contribution is 2.24. The summed E-state index contributed by atoms with van der Waals surface area (Å²) in [4.78, 5) is 0. The summed E-state index contributed by atoms with van der Waals surface area (Å²) in [7, 11) is 0. The average molecular weight is 153 g/mol. The predicted molar refractivity (Wildman–Crippen MR) is 34.7 cm³/mol. The second-order valence-corrected chi connectivity index (χ2v) is 2.43. The van der Waals surface area contributed by atoms with Crippen LogP contribution in [-0.4, -0.2) is 12.1 Å². The maximum absolute atomic E-state index is 12.3. The standard InChI is InChI=1S/C7H12F3/c1-3-7(9,10)5-4-6(2)8/h6H,1,3-5H2,2H3/t6-/m0/s1. The molecule has 0 saturated heterocycles. The maximum Gasteiger partial charge on any atom is 0.248 e. The van der Waals surface area contributed by atoms with Crippen molar-refractivity contribution in [3.63, 3.8) is 0 Å². The van der Waals surface area contributed by atoms with E-state index in [9.17, 15) is 13.2 Å². The molecular weight excluding hydrogens is 141 g/mol. The molecule has 1 radical (unpaired) electrons. The van der Waals surface area contributed by atoms with Gasteiger partial charge in [0, 0.05) is 12.8 Å². The summed E-state index contributed by atoms with van der Waals surface area (Å²) >= 11 is 0. The van der Waals surface area contributed by atoms with Gasteiger partial charge in [-0.15, -0.1) is 0 Å². The van der Waals surface area contributed by atoms with Crippen molar-refractivity contribution >= 4 is 0 Å². The summed E-state index contributed by atoms with van der Waals surface area (Å²) in [6, 6.07) is 0. The molecule has 0 aliphatic carbocycles.